The molecule has 1 nitrogen and oxygen atoms in total. The van der Waals surface area contributed by atoms with E-state index in [0.717, 1.165) is 12.1 Å². The molecule has 0 bridgehead atoms. The van der Waals surface area contributed by atoms with Gasteiger partial charge in [-0.1, -0.05) is 36.4 Å². The number of pyridine rings is 1. The molecule has 0 fully saturated rings. The smallest absolute Gasteiger partial charge is 0.219 e. The summed E-state index contributed by atoms with van der Waals surface area (Å²) in [5.41, 5.74) is -0.552. The summed E-state index contributed by atoms with van der Waals surface area (Å²) in [6.07, 6.45) is -4.53. The van der Waals surface area contributed by atoms with Gasteiger partial charge in [-0.25, -0.2) is 4.98 Å². The number of nitrogens with zero attached hydrogens (tertiary/aromatic N) is 1. The maximum absolute atomic E-state index is 13.4. The molecule has 0 spiro atoms. The second-order valence-corrected chi connectivity index (χ2v) is 4.56. The molecule has 106 valence electrons. The van der Waals surface area contributed by atoms with Crippen molar-refractivity contribution in [1.82, 2.24) is 4.98 Å². The number of halogens is 4. The number of fused-ring (bicyclic) bond motifs is 1. The van der Waals surface area contributed by atoms with E-state index in [1.165, 1.54) is 12.1 Å². The predicted octanol–water partition coefficient (Wildman–Crippen LogP) is 5.06. The highest BCUT2D eigenvalue weighted by Crippen LogP contribution is 2.40. The van der Waals surface area contributed by atoms with Crippen LogP contribution in [-0.4, -0.2) is 4.98 Å². The fourth-order valence-electron chi connectivity index (χ4n) is 2.30. The van der Waals surface area contributed by atoms with E-state index in [-0.39, 0.29) is 11.1 Å². The topological polar surface area (TPSA) is 12.9 Å². The maximum atomic E-state index is 13.4. The van der Waals surface area contributed by atoms with Crippen LogP contribution in [0.15, 0.2) is 54.6 Å². The van der Waals surface area contributed by atoms with Crippen LogP contribution in [0.25, 0.3) is 22.0 Å². The van der Waals surface area contributed by atoms with Crippen LogP contribution >= 0.6 is 0 Å². The normalized spacial score (nSPS) is 11.8. The molecule has 0 unspecified atom stereocenters. The third-order valence-corrected chi connectivity index (χ3v) is 3.20. The molecule has 0 aliphatic carbocycles. The molecule has 1 heterocycles. The standard InChI is InChI=1S/C16H9F4N/c17-13-9-7-11-6-8-12(16(18,19)20)14(15(11)21-13)10-4-2-1-3-5-10/h1-9H. The van der Waals surface area contributed by atoms with Gasteiger partial charge in [0.25, 0.3) is 0 Å². The number of hydrogen-bond donors (Lipinski definition) is 0. The van der Waals surface area contributed by atoms with Crippen molar-refractivity contribution in [2.75, 3.05) is 0 Å². The van der Waals surface area contributed by atoms with E-state index in [0.29, 0.717) is 10.9 Å². The maximum Gasteiger partial charge on any atom is 0.417 e. The first-order chi connectivity index (χ1) is 9.97. The van der Waals surface area contributed by atoms with E-state index in [1.807, 2.05) is 0 Å². The lowest BCUT2D eigenvalue weighted by molar-refractivity contribution is -0.137. The largest absolute Gasteiger partial charge is 0.417 e. The molecule has 0 saturated carbocycles. The van der Waals surface area contributed by atoms with Crippen LogP contribution in [0.4, 0.5) is 17.6 Å². The summed E-state index contributed by atoms with van der Waals surface area (Å²) in [5.74, 6) is -0.806. The lowest BCUT2D eigenvalue weighted by Gasteiger charge is -2.15. The third kappa shape index (κ3) is 2.46. The molecule has 0 radical (unpaired) electrons. The summed E-state index contributed by atoms with van der Waals surface area (Å²) in [5, 5.41) is 0.461. The molecule has 0 amide bonds. The Morgan fingerprint density at radius 1 is 0.810 bits per heavy atom. The molecule has 3 rings (SSSR count). The summed E-state index contributed by atoms with van der Waals surface area (Å²) >= 11 is 0. The van der Waals surface area contributed by atoms with Gasteiger partial charge in [0, 0.05) is 10.9 Å². The highest BCUT2D eigenvalue weighted by molar-refractivity contribution is 5.95. The van der Waals surface area contributed by atoms with Gasteiger partial charge < -0.3 is 0 Å². The molecule has 5 heteroatoms. The van der Waals surface area contributed by atoms with Crippen LogP contribution in [0, 0.1) is 5.95 Å². The molecule has 0 saturated heterocycles. The third-order valence-electron chi connectivity index (χ3n) is 3.20. The SMILES string of the molecule is Fc1ccc2ccc(C(F)(F)F)c(-c3ccccc3)c2n1. The van der Waals surface area contributed by atoms with Crippen molar-refractivity contribution in [2.24, 2.45) is 0 Å². The van der Waals surface area contributed by atoms with Gasteiger partial charge in [-0.15, -0.1) is 0 Å². The van der Waals surface area contributed by atoms with Crippen LogP contribution in [0.5, 0.6) is 0 Å². The van der Waals surface area contributed by atoms with Crippen molar-refractivity contribution >= 4 is 10.9 Å². The van der Waals surface area contributed by atoms with Crippen molar-refractivity contribution in [1.29, 1.82) is 0 Å². The Bertz CT molecular complexity index is 794. The Morgan fingerprint density at radius 2 is 1.48 bits per heavy atom. The lowest BCUT2D eigenvalue weighted by Crippen LogP contribution is -2.08. The number of alkyl halides is 3. The zero-order chi connectivity index (χ0) is 15.0. The Morgan fingerprint density at radius 3 is 2.14 bits per heavy atom. The molecule has 0 aliphatic rings. The van der Waals surface area contributed by atoms with Gasteiger partial charge >= 0.3 is 6.18 Å². The highest BCUT2D eigenvalue weighted by Gasteiger charge is 2.34. The lowest BCUT2D eigenvalue weighted by atomic mass is 9.96. The van der Waals surface area contributed by atoms with Gasteiger partial charge in [0.2, 0.25) is 5.95 Å². The van der Waals surface area contributed by atoms with Crippen molar-refractivity contribution in [2.45, 2.75) is 6.18 Å². The Kier molecular flexibility index (Phi) is 3.12. The van der Waals surface area contributed by atoms with E-state index in [4.69, 9.17) is 0 Å². The fourth-order valence-corrected chi connectivity index (χ4v) is 2.30. The van der Waals surface area contributed by atoms with Crippen molar-refractivity contribution < 1.29 is 17.6 Å². The van der Waals surface area contributed by atoms with E-state index in [9.17, 15) is 17.6 Å². The minimum atomic E-state index is -4.53. The first-order valence-electron chi connectivity index (χ1n) is 6.19. The second kappa shape index (κ2) is 4.84. The van der Waals surface area contributed by atoms with Gasteiger partial charge in [0.1, 0.15) is 0 Å². The van der Waals surface area contributed by atoms with E-state index in [2.05, 4.69) is 4.98 Å². The molecule has 3 aromatic rings. The van der Waals surface area contributed by atoms with Crippen LogP contribution in [0.2, 0.25) is 0 Å². The van der Waals surface area contributed by atoms with Crippen molar-refractivity contribution in [3.8, 4) is 11.1 Å². The summed E-state index contributed by atoms with van der Waals surface area (Å²) in [6, 6.07) is 12.9. The van der Waals surface area contributed by atoms with Gasteiger partial charge in [-0.3, -0.25) is 0 Å². The monoisotopic (exact) mass is 291 g/mol. The Balaban J connectivity index is 2.44. The molecule has 21 heavy (non-hydrogen) atoms. The van der Waals surface area contributed by atoms with Crippen LogP contribution in [-0.2, 0) is 6.18 Å². The van der Waals surface area contributed by atoms with Gasteiger partial charge in [-0.05, 0) is 23.8 Å². The number of rotatable bonds is 1. The van der Waals surface area contributed by atoms with Gasteiger partial charge in [0.05, 0.1) is 11.1 Å². The quantitative estimate of drug-likeness (QED) is 0.451. The van der Waals surface area contributed by atoms with Crippen LogP contribution < -0.4 is 0 Å². The first kappa shape index (κ1) is 13.5. The van der Waals surface area contributed by atoms with E-state index in [1.54, 1.807) is 30.3 Å². The molecule has 0 N–H and O–H groups in total. The number of hydrogen-bond acceptors (Lipinski definition) is 1. The summed E-state index contributed by atoms with van der Waals surface area (Å²) in [4.78, 5) is 3.66. The molecule has 0 aliphatic heterocycles. The average Bonchev–Trinajstić information content (AvgIpc) is 2.46. The van der Waals surface area contributed by atoms with Crippen molar-refractivity contribution in [3.05, 3.63) is 66.1 Å². The van der Waals surface area contributed by atoms with Crippen molar-refractivity contribution in [3.63, 3.8) is 0 Å². The Labute approximate surface area is 117 Å². The highest BCUT2D eigenvalue weighted by atomic mass is 19.4. The zero-order valence-electron chi connectivity index (χ0n) is 10.7. The molecular weight excluding hydrogens is 282 g/mol. The minimum Gasteiger partial charge on any atom is -0.219 e. The Hall–Kier alpha value is -2.43. The van der Waals surface area contributed by atoms with Gasteiger partial charge in [-0.2, -0.15) is 17.6 Å². The minimum absolute atomic E-state index is 0.0102. The summed E-state index contributed by atoms with van der Waals surface area (Å²) < 4.78 is 53.1. The first-order valence-corrected chi connectivity index (χ1v) is 6.19. The molecular formula is C16H9F4N. The summed E-state index contributed by atoms with van der Waals surface area (Å²) in [6.45, 7) is 0. The second-order valence-electron chi connectivity index (χ2n) is 4.56. The van der Waals surface area contributed by atoms with E-state index >= 15 is 0 Å². The number of aromatic nitrogens is 1. The predicted molar refractivity (Wildman–Crippen MR) is 72.1 cm³/mol. The average molecular weight is 291 g/mol. The zero-order valence-corrected chi connectivity index (χ0v) is 10.7. The number of benzene rings is 2. The molecule has 0 atom stereocenters. The van der Waals surface area contributed by atoms with E-state index < -0.39 is 17.7 Å². The summed E-state index contributed by atoms with van der Waals surface area (Å²) in [7, 11) is 0. The van der Waals surface area contributed by atoms with Gasteiger partial charge in [0.15, 0.2) is 0 Å². The molecule has 1 aromatic heterocycles. The molecule has 2 aromatic carbocycles. The van der Waals surface area contributed by atoms with Crippen LogP contribution in [0.3, 0.4) is 0 Å². The van der Waals surface area contributed by atoms with Crippen LogP contribution in [0.1, 0.15) is 5.56 Å². The fraction of sp³-hybridized carbons (Fsp3) is 0.0625.